The third-order valence-electron chi connectivity index (χ3n) is 4.56. The minimum absolute atomic E-state index is 0.102. The molecule has 3 rings (SSSR count). The molecule has 0 spiro atoms. The Labute approximate surface area is 130 Å². The summed E-state index contributed by atoms with van der Waals surface area (Å²) in [6.45, 7) is 5.75. The predicted molar refractivity (Wildman–Crippen MR) is 83.7 cm³/mol. The van der Waals surface area contributed by atoms with Crippen LogP contribution in [0.1, 0.15) is 43.1 Å². The zero-order valence-electron chi connectivity index (χ0n) is 13.2. The van der Waals surface area contributed by atoms with Gasteiger partial charge in [-0.2, -0.15) is 5.10 Å². The third kappa shape index (κ3) is 2.57. The van der Waals surface area contributed by atoms with Gasteiger partial charge in [-0.15, -0.1) is 11.6 Å². The summed E-state index contributed by atoms with van der Waals surface area (Å²) < 4.78 is 9.46. The molecule has 0 aromatic carbocycles. The maximum absolute atomic E-state index is 6.36. The smallest absolute Gasteiger partial charge is 0.158 e. The minimum Gasteiger partial charge on any atom is -0.385 e. The highest BCUT2D eigenvalue weighted by Gasteiger charge is 2.43. The summed E-state index contributed by atoms with van der Waals surface area (Å²) in [6, 6.07) is 0. The van der Waals surface area contributed by atoms with Crippen molar-refractivity contribution in [3.8, 4) is 0 Å². The van der Waals surface area contributed by atoms with Crippen molar-refractivity contribution in [1.82, 2.24) is 19.3 Å². The molecule has 5 nitrogen and oxygen atoms in total. The summed E-state index contributed by atoms with van der Waals surface area (Å²) >= 11 is 6.36. The summed E-state index contributed by atoms with van der Waals surface area (Å²) in [5, 5.41) is 4.39. The number of fused-ring (bicyclic) bond motifs is 1. The largest absolute Gasteiger partial charge is 0.385 e. The first-order valence-corrected chi connectivity index (χ1v) is 7.94. The second-order valence-electron chi connectivity index (χ2n) is 6.30. The van der Waals surface area contributed by atoms with E-state index in [0.717, 1.165) is 42.3 Å². The molecule has 2 heterocycles. The average Bonchev–Trinajstić information content (AvgIpc) is 2.98. The maximum atomic E-state index is 6.36. The number of aryl methyl sites for hydroxylation is 2. The van der Waals surface area contributed by atoms with Crippen LogP contribution in [-0.2, 0) is 18.3 Å². The van der Waals surface area contributed by atoms with Gasteiger partial charge in [0.25, 0.3) is 0 Å². The second kappa shape index (κ2) is 5.29. The average molecular weight is 311 g/mol. The molecular weight excluding hydrogens is 288 g/mol. The zero-order valence-corrected chi connectivity index (χ0v) is 13.9. The monoisotopic (exact) mass is 310 g/mol. The van der Waals surface area contributed by atoms with Crippen LogP contribution in [0.15, 0.2) is 0 Å². The molecule has 0 bridgehead atoms. The van der Waals surface area contributed by atoms with E-state index in [1.165, 1.54) is 12.8 Å². The number of halogens is 1. The number of ether oxygens (including phenoxy) is 1. The molecule has 0 N–H and O–H groups in total. The normalized spacial score (nSPS) is 18.3. The van der Waals surface area contributed by atoms with Crippen molar-refractivity contribution in [1.29, 1.82) is 0 Å². The van der Waals surface area contributed by atoms with Crippen LogP contribution in [0.25, 0.3) is 11.2 Å². The Morgan fingerprint density at radius 2 is 2.14 bits per heavy atom. The first-order valence-electron chi connectivity index (χ1n) is 7.50. The van der Waals surface area contributed by atoms with Gasteiger partial charge >= 0.3 is 0 Å². The molecule has 21 heavy (non-hydrogen) atoms. The number of rotatable bonds is 6. The fourth-order valence-corrected chi connectivity index (χ4v) is 3.30. The third-order valence-corrected chi connectivity index (χ3v) is 4.76. The summed E-state index contributed by atoms with van der Waals surface area (Å²) in [5.74, 6) is 0.950. The first kappa shape index (κ1) is 14.9. The van der Waals surface area contributed by atoms with Gasteiger partial charge in [-0.25, -0.2) is 4.98 Å². The Morgan fingerprint density at radius 1 is 1.43 bits per heavy atom. The number of alkyl halides is 1. The number of nitrogens with zero attached hydrogens (tertiary/aromatic N) is 4. The molecule has 1 fully saturated rings. The second-order valence-corrected chi connectivity index (χ2v) is 6.95. The number of hydrogen-bond donors (Lipinski definition) is 0. The van der Waals surface area contributed by atoms with Crippen LogP contribution in [0.5, 0.6) is 0 Å². The number of aromatic nitrogens is 4. The zero-order chi connectivity index (χ0) is 15.2. The van der Waals surface area contributed by atoms with E-state index in [1.54, 1.807) is 7.11 Å². The Bertz CT molecular complexity index is 654. The molecular formula is C15H23ClN4O. The first-order chi connectivity index (χ1) is 9.97. The highest BCUT2D eigenvalue weighted by atomic mass is 35.5. The lowest BCUT2D eigenvalue weighted by Gasteiger charge is -2.18. The van der Waals surface area contributed by atoms with Crippen LogP contribution >= 0.6 is 11.6 Å². The number of methoxy groups -OCH3 is 1. The lowest BCUT2D eigenvalue weighted by atomic mass is 10.0. The van der Waals surface area contributed by atoms with Gasteiger partial charge in [-0.1, -0.05) is 0 Å². The van der Waals surface area contributed by atoms with Crippen LogP contribution in [-0.4, -0.2) is 33.0 Å². The molecule has 2 aromatic heterocycles. The Kier molecular flexibility index (Phi) is 3.74. The van der Waals surface area contributed by atoms with Gasteiger partial charge in [-0.05, 0) is 38.5 Å². The molecule has 0 saturated heterocycles. The van der Waals surface area contributed by atoms with Gasteiger partial charge in [0.15, 0.2) is 5.65 Å². The topological polar surface area (TPSA) is 44.9 Å². The summed E-state index contributed by atoms with van der Waals surface area (Å²) in [4.78, 5) is 4.74. The molecule has 0 aliphatic heterocycles. The minimum atomic E-state index is -0.102. The van der Waals surface area contributed by atoms with Crippen LogP contribution in [0.3, 0.4) is 0 Å². The van der Waals surface area contributed by atoms with E-state index in [-0.39, 0.29) is 5.38 Å². The number of imidazole rings is 1. The van der Waals surface area contributed by atoms with E-state index in [0.29, 0.717) is 5.41 Å². The summed E-state index contributed by atoms with van der Waals surface area (Å²) in [5.41, 5.74) is 3.37. The van der Waals surface area contributed by atoms with Gasteiger partial charge in [0.05, 0.1) is 11.1 Å². The fraction of sp³-hybridized carbons (Fsp3) is 0.733. The molecule has 1 aliphatic rings. The molecule has 6 heteroatoms. The summed E-state index contributed by atoms with van der Waals surface area (Å²) in [6.07, 6.45) is 3.60. The Hall–Kier alpha value is -1.07. The lowest BCUT2D eigenvalue weighted by molar-refractivity contribution is 0.166. The summed E-state index contributed by atoms with van der Waals surface area (Å²) in [7, 11) is 3.74. The van der Waals surface area contributed by atoms with Crippen molar-refractivity contribution < 1.29 is 4.74 Å². The van der Waals surface area contributed by atoms with E-state index in [4.69, 9.17) is 21.3 Å². The van der Waals surface area contributed by atoms with Gasteiger partial charge in [0, 0.05) is 27.3 Å². The van der Waals surface area contributed by atoms with Crippen molar-refractivity contribution in [3.63, 3.8) is 0 Å². The fourth-order valence-electron chi connectivity index (χ4n) is 3.13. The standard InChI is InChI=1S/C15H23ClN4O/c1-10(16)13-17-12-11(2)18-19(3)14(12)20(13)9-15(5-6-15)7-8-21-4/h10H,5-9H2,1-4H3. The van der Waals surface area contributed by atoms with Crippen LogP contribution in [0, 0.1) is 12.3 Å². The van der Waals surface area contributed by atoms with Gasteiger partial charge in [-0.3, -0.25) is 4.68 Å². The maximum Gasteiger partial charge on any atom is 0.158 e. The molecule has 116 valence electrons. The lowest BCUT2D eigenvalue weighted by Crippen LogP contribution is -2.17. The van der Waals surface area contributed by atoms with E-state index < -0.39 is 0 Å². The van der Waals surface area contributed by atoms with E-state index in [1.807, 2.05) is 25.6 Å². The van der Waals surface area contributed by atoms with Crippen molar-refractivity contribution in [3.05, 3.63) is 11.5 Å². The Balaban J connectivity index is 2.01. The molecule has 2 aromatic rings. The van der Waals surface area contributed by atoms with Crippen LogP contribution in [0.4, 0.5) is 0 Å². The molecule has 1 atom stereocenters. The van der Waals surface area contributed by atoms with Gasteiger partial charge in [0.2, 0.25) is 0 Å². The molecule has 1 aliphatic carbocycles. The highest BCUT2D eigenvalue weighted by Crippen LogP contribution is 2.51. The van der Waals surface area contributed by atoms with Crippen molar-refractivity contribution >= 4 is 22.8 Å². The number of hydrogen-bond acceptors (Lipinski definition) is 3. The molecule has 1 saturated carbocycles. The van der Waals surface area contributed by atoms with E-state index in [9.17, 15) is 0 Å². The van der Waals surface area contributed by atoms with E-state index in [2.05, 4.69) is 9.67 Å². The van der Waals surface area contributed by atoms with Crippen LogP contribution in [0.2, 0.25) is 0 Å². The molecule has 0 amide bonds. The quantitative estimate of drug-likeness (QED) is 0.770. The molecule has 1 unspecified atom stereocenters. The predicted octanol–water partition coefficient (Wildman–Crippen LogP) is 3.19. The molecule has 0 radical (unpaired) electrons. The van der Waals surface area contributed by atoms with E-state index >= 15 is 0 Å². The van der Waals surface area contributed by atoms with Crippen molar-refractivity contribution in [2.24, 2.45) is 12.5 Å². The van der Waals surface area contributed by atoms with Gasteiger partial charge in [0.1, 0.15) is 11.3 Å². The van der Waals surface area contributed by atoms with Gasteiger partial charge < -0.3 is 9.30 Å². The highest BCUT2D eigenvalue weighted by molar-refractivity contribution is 6.20. The Morgan fingerprint density at radius 3 is 2.71 bits per heavy atom. The van der Waals surface area contributed by atoms with Crippen molar-refractivity contribution in [2.45, 2.75) is 45.0 Å². The SMILES string of the molecule is COCCC1(Cn2c(C(C)Cl)nc3c(C)nn(C)c32)CC1. The van der Waals surface area contributed by atoms with Crippen molar-refractivity contribution in [2.75, 3.05) is 13.7 Å². The van der Waals surface area contributed by atoms with Crippen LogP contribution < -0.4 is 0 Å².